The van der Waals surface area contributed by atoms with Crippen LogP contribution in [0.1, 0.15) is 16.7 Å². The van der Waals surface area contributed by atoms with Crippen LogP contribution in [0.5, 0.6) is 0 Å². The van der Waals surface area contributed by atoms with Crippen LogP contribution < -0.4 is 11.5 Å². The fourth-order valence-electron chi connectivity index (χ4n) is 2.20. The van der Waals surface area contributed by atoms with Crippen LogP contribution in [0.2, 0.25) is 0 Å². The summed E-state index contributed by atoms with van der Waals surface area (Å²) in [5.74, 6) is -0.430. The molecular weight excluding hydrogens is 252 g/mol. The zero-order valence-corrected chi connectivity index (χ0v) is 11.0. The highest BCUT2D eigenvalue weighted by molar-refractivity contribution is 5.83. The molecule has 100 valence electrons. The maximum atomic E-state index is 11.2. The molecule has 0 bridgehead atoms. The van der Waals surface area contributed by atoms with Gasteiger partial charge in [0.05, 0.1) is 5.52 Å². The second-order valence-electron chi connectivity index (χ2n) is 4.67. The molecule has 0 aliphatic heterocycles. The van der Waals surface area contributed by atoms with E-state index in [0.717, 1.165) is 27.9 Å². The first-order valence-electron chi connectivity index (χ1n) is 6.29. The number of benzene rings is 2. The quantitative estimate of drug-likeness (QED) is 0.552. The molecule has 0 radical (unpaired) electrons. The second kappa shape index (κ2) is 4.74. The Morgan fingerprint density at radius 3 is 2.85 bits per heavy atom. The van der Waals surface area contributed by atoms with Crippen molar-refractivity contribution < 1.29 is 4.42 Å². The van der Waals surface area contributed by atoms with Crippen LogP contribution >= 0.6 is 0 Å². The van der Waals surface area contributed by atoms with Crippen molar-refractivity contribution in [1.29, 1.82) is 0 Å². The van der Waals surface area contributed by atoms with Gasteiger partial charge in [0.1, 0.15) is 0 Å². The Morgan fingerprint density at radius 2 is 2.05 bits per heavy atom. The first kappa shape index (κ1) is 12.3. The summed E-state index contributed by atoms with van der Waals surface area (Å²) in [7, 11) is 0. The maximum Gasteiger partial charge on any atom is 0.417 e. The van der Waals surface area contributed by atoms with E-state index in [4.69, 9.17) is 10.2 Å². The summed E-state index contributed by atoms with van der Waals surface area (Å²) < 4.78 is 5.03. The fourth-order valence-corrected chi connectivity index (χ4v) is 2.20. The predicted octanol–water partition coefficient (Wildman–Crippen LogP) is 3.18. The molecule has 0 unspecified atom stereocenters. The summed E-state index contributed by atoms with van der Waals surface area (Å²) in [5.41, 5.74) is 10.8. The van der Waals surface area contributed by atoms with Gasteiger partial charge in [0.25, 0.3) is 0 Å². The number of nitrogen functional groups attached to an aromatic ring is 1. The number of nitrogens with two attached hydrogens (primary N) is 1. The fraction of sp³-hybridized carbons (Fsp3) is 0.0625. The summed E-state index contributed by atoms with van der Waals surface area (Å²) in [6, 6.07) is 11.4. The molecule has 4 nitrogen and oxygen atoms in total. The number of aryl methyl sites for hydroxylation is 1. The zero-order valence-electron chi connectivity index (χ0n) is 11.0. The highest BCUT2D eigenvalue weighted by Crippen LogP contribution is 2.21. The molecule has 1 heterocycles. The van der Waals surface area contributed by atoms with Crippen molar-refractivity contribution in [2.24, 2.45) is 0 Å². The van der Waals surface area contributed by atoms with Crippen molar-refractivity contribution in [3.8, 4) is 0 Å². The van der Waals surface area contributed by atoms with Crippen molar-refractivity contribution in [2.45, 2.75) is 6.92 Å². The summed E-state index contributed by atoms with van der Waals surface area (Å²) in [6.07, 6.45) is 3.98. The number of anilines is 1. The monoisotopic (exact) mass is 266 g/mol. The van der Waals surface area contributed by atoms with E-state index >= 15 is 0 Å². The average molecular weight is 266 g/mol. The highest BCUT2D eigenvalue weighted by Gasteiger charge is 2.06. The number of aromatic amines is 1. The number of rotatable bonds is 2. The summed E-state index contributed by atoms with van der Waals surface area (Å²) in [5, 5.41) is 0. The number of hydrogen-bond acceptors (Lipinski definition) is 3. The number of hydrogen-bond donors (Lipinski definition) is 2. The van der Waals surface area contributed by atoms with E-state index in [2.05, 4.69) is 4.98 Å². The Hall–Kier alpha value is -2.75. The number of H-pyrrole nitrogens is 1. The van der Waals surface area contributed by atoms with Crippen LogP contribution in [0, 0.1) is 6.92 Å². The minimum Gasteiger partial charge on any atom is -0.408 e. The van der Waals surface area contributed by atoms with Gasteiger partial charge in [0.15, 0.2) is 5.58 Å². The zero-order chi connectivity index (χ0) is 14.1. The lowest BCUT2D eigenvalue weighted by atomic mass is 10.1. The van der Waals surface area contributed by atoms with Gasteiger partial charge in [0, 0.05) is 5.69 Å². The number of fused-ring (bicyclic) bond motifs is 1. The normalized spacial score (nSPS) is 11.4. The molecule has 0 fully saturated rings. The summed E-state index contributed by atoms with van der Waals surface area (Å²) in [4.78, 5) is 13.9. The van der Waals surface area contributed by atoms with Gasteiger partial charge >= 0.3 is 5.76 Å². The highest BCUT2D eigenvalue weighted by atomic mass is 16.4. The van der Waals surface area contributed by atoms with Gasteiger partial charge in [-0.25, -0.2) is 4.79 Å². The molecule has 1 aromatic heterocycles. The van der Waals surface area contributed by atoms with Crippen LogP contribution in [-0.4, -0.2) is 4.98 Å². The number of nitrogens with one attached hydrogen (secondary N) is 1. The Kier molecular flexibility index (Phi) is 2.91. The van der Waals surface area contributed by atoms with E-state index < -0.39 is 5.76 Å². The lowest BCUT2D eigenvalue weighted by Crippen LogP contribution is -1.94. The summed E-state index contributed by atoms with van der Waals surface area (Å²) >= 11 is 0. The molecule has 3 N–H and O–H groups in total. The lowest BCUT2D eigenvalue weighted by Gasteiger charge is -2.01. The van der Waals surface area contributed by atoms with E-state index in [-0.39, 0.29) is 0 Å². The van der Waals surface area contributed by atoms with Crippen molar-refractivity contribution in [1.82, 2.24) is 4.98 Å². The van der Waals surface area contributed by atoms with Gasteiger partial charge in [-0.1, -0.05) is 30.4 Å². The van der Waals surface area contributed by atoms with Gasteiger partial charge in [-0.2, -0.15) is 0 Å². The third-order valence-corrected chi connectivity index (χ3v) is 3.26. The molecule has 0 saturated carbocycles. The molecule has 0 saturated heterocycles. The smallest absolute Gasteiger partial charge is 0.408 e. The van der Waals surface area contributed by atoms with Crippen molar-refractivity contribution >= 4 is 28.9 Å². The first-order valence-corrected chi connectivity index (χ1v) is 6.29. The Morgan fingerprint density at radius 1 is 1.20 bits per heavy atom. The largest absolute Gasteiger partial charge is 0.417 e. The lowest BCUT2D eigenvalue weighted by molar-refractivity contribution is 0.555. The molecule has 2 aromatic carbocycles. The van der Waals surface area contributed by atoms with Gasteiger partial charge in [-0.05, 0) is 41.8 Å². The Bertz CT molecular complexity index is 856. The van der Waals surface area contributed by atoms with Crippen LogP contribution in [-0.2, 0) is 0 Å². The maximum absolute atomic E-state index is 11.2. The molecule has 0 atom stereocenters. The number of oxazole rings is 1. The van der Waals surface area contributed by atoms with Crippen LogP contribution in [0.4, 0.5) is 5.69 Å². The van der Waals surface area contributed by atoms with Crippen molar-refractivity contribution in [2.75, 3.05) is 5.73 Å². The van der Waals surface area contributed by atoms with E-state index in [9.17, 15) is 4.79 Å². The average Bonchev–Trinajstić information content (AvgIpc) is 2.80. The Balaban J connectivity index is 2.02. The third-order valence-electron chi connectivity index (χ3n) is 3.26. The third kappa shape index (κ3) is 2.23. The van der Waals surface area contributed by atoms with Gasteiger partial charge in [-0.3, -0.25) is 4.98 Å². The van der Waals surface area contributed by atoms with Gasteiger partial charge in [0.2, 0.25) is 0 Å². The van der Waals surface area contributed by atoms with E-state index in [1.54, 1.807) is 6.07 Å². The minimum absolute atomic E-state index is 0.430. The van der Waals surface area contributed by atoms with Crippen molar-refractivity contribution in [3.05, 3.63) is 63.6 Å². The number of aromatic nitrogens is 1. The predicted molar refractivity (Wildman–Crippen MR) is 81.4 cm³/mol. The molecule has 4 heteroatoms. The molecule has 0 spiro atoms. The van der Waals surface area contributed by atoms with Crippen LogP contribution in [0.15, 0.2) is 45.6 Å². The standard InChI is InChI=1S/C16H14N2O2/c1-10-12(6-5-11-3-2-4-13(17)9-11)7-8-14-15(10)18-16(19)20-14/h2-9H,17H2,1H3,(H,18,19)/b6-5+. The minimum atomic E-state index is -0.430. The molecule has 0 aliphatic rings. The topological polar surface area (TPSA) is 72.0 Å². The van der Waals surface area contributed by atoms with E-state index in [0.29, 0.717) is 5.58 Å². The van der Waals surface area contributed by atoms with Crippen molar-refractivity contribution in [3.63, 3.8) is 0 Å². The van der Waals surface area contributed by atoms with Crippen LogP contribution in [0.25, 0.3) is 23.3 Å². The Labute approximate surface area is 115 Å². The molecule has 0 amide bonds. The second-order valence-corrected chi connectivity index (χ2v) is 4.67. The summed E-state index contributed by atoms with van der Waals surface area (Å²) in [6.45, 7) is 1.95. The SMILES string of the molecule is Cc1c(/C=C/c2cccc(N)c2)ccc2oc(=O)[nH]c12. The molecule has 0 aliphatic carbocycles. The van der Waals surface area contributed by atoms with E-state index in [1.165, 1.54) is 0 Å². The molecule has 3 aromatic rings. The van der Waals surface area contributed by atoms with Crippen LogP contribution in [0.3, 0.4) is 0 Å². The van der Waals surface area contributed by atoms with E-state index in [1.807, 2.05) is 49.4 Å². The van der Waals surface area contributed by atoms with Gasteiger partial charge in [-0.15, -0.1) is 0 Å². The first-order chi connectivity index (χ1) is 9.63. The van der Waals surface area contributed by atoms with Gasteiger partial charge < -0.3 is 10.2 Å². The molecule has 3 rings (SSSR count). The molecule has 20 heavy (non-hydrogen) atoms. The molecular formula is C16H14N2O2.